The van der Waals surface area contributed by atoms with Crippen LogP contribution in [0.15, 0.2) is 42.6 Å². The SMILES string of the molecule is [C-]#[N+]c1cc2c(Oc3ccc(NC(=O)NC4CC4)c(Cl)c3)ccnc2cc1OC[C@H](O)CN1CCCCC1. The molecular formula is C28H30ClN5O4. The molecule has 0 spiro atoms. The first-order chi connectivity index (χ1) is 18.5. The van der Waals surface area contributed by atoms with Gasteiger partial charge in [0.15, 0.2) is 0 Å². The van der Waals surface area contributed by atoms with Crippen molar-refractivity contribution in [2.45, 2.75) is 44.2 Å². The third kappa shape index (κ3) is 6.64. The lowest BCUT2D eigenvalue weighted by atomic mass is 10.1. The van der Waals surface area contributed by atoms with Crippen LogP contribution in [-0.4, -0.2) is 59.4 Å². The molecular weight excluding hydrogens is 506 g/mol. The highest BCUT2D eigenvalue weighted by Gasteiger charge is 2.23. The van der Waals surface area contributed by atoms with Gasteiger partial charge in [0.25, 0.3) is 0 Å². The molecule has 0 bridgehead atoms. The predicted octanol–water partition coefficient (Wildman–Crippen LogP) is 5.74. The zero-order valence-electron chi connectivity index (χ0n) is 21.0. The minimum atomic E-state index is -0.646. The molecule has 0 radical (unpaired) electrons. The quantitative estimate of drug-likeness (QED) is 0.302. The Morgan fingerprint density at radius 2 is 2.00 bits per heavy atom. The van der Waals surface area contributed by atoms with Crippen molar-refractivity contribution in [2.75, 3.05) is 31.6 Å². The molecule has 3 N–H and O–H groups in total. The van der Waals surface area contributed by atoms with Crippen molar-refractivity contribution in [3.05, 3.63) is 59.0 Å². The van der Waals surface area contributed by atoms with Crippen LogP contribution in [-0.2, 0) is 0 Å². The molecule has 3 aromatic rings. The number of halogens is 1. The molecule has 0 unspecified atom stereocenters. The zero-order chi connectivity index (χ0) is 26.5. The first-order valence-corrected chi connectivity index (χ1v) is 13.2. The first kappa shape index (κ1) is 26.0. The molecule has 1 saturated carbocycles. The summed E-state index contributed by atoms with van der Waals surface area (Å²) < 4.78 is 11.9. The van der Waals surface area contributed by atoms with Gasteiger partial charge in [-0.15, -0.1) is 0 Å². The monoisotopic (exact) mass is 535 g/mol. The van der Waals surface area contributed by atoms with E-state index in [9.17, 15) is 9.90 Å². The number of hydrogen-bond donors (Lipinski definition) is 3. The number of amides is 2. The summed E-state index contributed by atoms with van der Waals surface area (Å²) >= 11 is 6.39. The van der Waals surface area contributed by atoms with E-state index >= 15 is 0 Å². The van der Waals surface area contributed by atoms with E-state index in [0.29, 0.717) is 51.1 Å². The zero-order valence-corrected chi connectivity index (χ0v) is 21.7. The van der Waals surface area contributed by atoms with E-state index in [1.165, 1.54) is 6.42 Å². The number of β-amino-alcohol motifs (C(OH)–C–C–N with tert-alkyl or cyclic N) is 1. The van der Waals surface area contributed by atoms with Gasteiger partial charge in [0.1, 0.15) is 30.0 Å². The number of rotatable bonds is 9. The van der Waals surface area contributed by atoms with Crippen LogP contribution in [0.25, 0.3) is 15.7 Å². The van der Waals surface area contributed by atoms with Gasteiger partial charge in [-0.25, -0.2) is 9.64 Å². The Hall–Kier alpha value is -3.58. The van der Waals surface area contributed by atoms with Crippen LogP contribution in [0, 0.1) is 6.57 Å². The Bertz CT molecular complexity index is 1350. The predicted molar refractivity (Wildman–Crippen MR) is 147 cm³/mol. The lowest BCUT2D eigenvalue weighted by Gasteiger charge is -2.28. The van der Waals surface area contributed by atoms with E-state index in [1.807, 2.05) is 0 Å². The number of likely N-dealkylation sites (tertiary alicyclic amines) is 1. The molecule has 1 atom stereocenters. The summed E-state index contributed by atoms with van der Waals surface area (Å²) in [4.78, 5) is 22.3. The van der Waals surface area contributed by atoms with Crippen molar-refractivity contribution in [3.8, 4) is 17.2 Å². The number of hydrogen-bond acceptors (Lipinski definition) is 6. The molecule has 2 aromatic carbocycles. The van der Waals surface area contributed by atoms with Crippen LogP contribution in [0.3, 0.4) is 0 Å². The second-order valence-electron chi connectivity index (χ2n) is 9.70. The standard InChI is InChI=1S/C28H30ClN5O4/c1-30-25-14-21-24(15-27(25)37-17-19(35)16-34-11-3-2-4-12-34)31-10-9-26(21)38-20-7-8-23(22(29)13-20)33-28(36)32-18-5-6-18/h7-10,13-15,18-19,35H,2-6,11-12,16-17H2,(H2,32,33,36)/t19-/m1/s1. The third-order valence-electron chi connectivity index (χ3n) is 6.58. The Morgan fingerprint density at radius 3 is 2.74 bits per heavy atom. The summed E-state index contributed by atoms with van der Waals surface area (Å²) in [5.41, 5.74) is 1.38. The summed E-state index contributed by atoms with van der Waals surface area (Å²) in [6.45, 7) is 10.3. The van der Waals surface area contributed by atoms with Crippen molar-refractivity contribution in [1.29, 1.82) is 0 Å². The fraction of sp³-hybridized carbons (Fsp3) is 0.393. The van der Waals surface area contributed by atoms with E-state index in [0.717, 1.165) is 38.8 Å². The molecule has 1 saturated heterocycles. The van der Waals surface area contributed by atoms with Gasteiger partial charge in [0, 0.05) is 30.2 Å². The second-order valence-corrected chi connectivity index (χ2v) is 10.1. The maximum Gasteiger partial charge on any atom is 0.319 e. The van der Waals surface area contributed by atoms with Gasteiger partial charge in [0.05, 0.1) is 22.8 Å². The van der Waals surface area contributed by atoms with Crippen LogP contribution in [0.4, 0.5) is 16.2 Å². The molecule has 9 nitrogen and oxygen atoms in total. The largest absolute Gasteiger partial charge is 0.502 e. The third-order valence-corrected chi connectivity index (χ3v) is 6.89. The van der Waals surface area contributed by atoms with Crippen LogP contribution < -0.4 is 20.1 Å². The number of carbonyl (C=O) groups excluding carboxylic acids is 1. The minimum absolute atomic E-state index is 0.0955. The number of piperidine rings is 1. The number of nitrogens with one attached hydrogen (secondary N) is 2. The number of aromatic nitrogens is 1. The van der Waals surface area contributed by atoms with Crippen molar-refractivity contribution in [1.82, 2.24) is 15.2 Å². The Labute approximate surface area is 226 Å². The van der Waals surface area contributed by atoms with Gasteiger partial charge >= 0.3 is 6.03 Å². The van der Waals surface area contributed by atoms with Crippen LogP contribution in [0.5, 0.6) is 17.2 Å². The molecule has 10 heteroatoms. The molecule has 1 aliphatic carbocycles. The minimum Gasteiger partial charge on any atom is -0.502 e. The first-order valence-electron chi connectivity index (χ1n) is 12.9. The molecule has 198 valence electrons. The Balaban J connectivity index is 1.28. The topological polar surface area (TPSA) is 100 Å². The number of aliphatic hydroxyl groups excluding tert-OH is 1. The highest BCUT2D eigenvalue weighted by Crippen LogP contribution is 2.38. The van der Waals surface area contributed by atoms with Crippen molar-refractivity contribution >= 4 is 39.9 Å². The van der Waals surface area contributed by atoms with Crippen LogP contribution in [0.2, 0.25) is 5.02 Å². The number of fused-ring (bicyclic) bond motifs is 1. The average molecular weight is 536 g/mol. The number of ether oxygens (including phenoxy) is 2. The van der Waals surface area contributed by atoms with Crippen LogP contribution >= 0.6 is 11.6 Å². The fourth-order valence-corrected chi connectivity index (χ4v) is 4.68. The molecule has 2 amide bonds. The molecule has 2 fully saturated rings. The highest BCUT2D eigenvalue weighted by molar-refractivity contribution is 6.33. The summed E-state index contributed by atoms with van der Waals surface area (Å²) in [6, 6.07) is 10.1. The number of benzene rings is 2. The summed E-state index contributed by atoms with van der Waals surface area (Å²) in [5.74, 6) is 1.35. The van der Waals surface area contributed by atoms with Gasteiger partial charge in [-0.05, 0) is 69.1 Å². The fourth-order valence-electron chi connectivity index (χ4n) is 4.47. The normalized spacial score (nSPS) is 16.4. The van der Waals surface area contributed by atoms with Gasteiger partial charge < -0.3 is 30.1 Å². The maximum atomic E-state index is 12.0. The summed E-state index contributed by atoms with van der Waals surface area (Å²) in [5, 5.41) is 17.0. The Kier molecular flexibility index (Phi) is 8.13. The van der Waals surface area contributed by atoms with Gasteiger partial charge in [-0.3, -0.25) is 4.98 Å². The number of urea groups is 1. The van der Waals surface area contributed by atoms with E-state index in [1.54, 1.807) is 42.6 Å². The molecule has 2 aliphatic rings. The summed E-state index contributed by atoms with van der Waals surface area (Å²) in [6.07, 6.45) is 6.51. The number of pyridine rings is 1. The van der Waals surface area contributed by atoms with Crippen molar-refractivity contribution in [2.24, 2.45) is 0 Å². The molecule has 1 aliphatic heterocycles. The lowest BCUT2D eigenvalue weighted by Crippen LogP contribution is -2.38. The number of aliphatic hydroxyl groups is 1. The molecule has 5 rings (SSSR count). The smallest absolute Gasteiger partial charge is 0.319 e. The number of nitrogens with zero attached hydrogens (tertiary/aromatic N) is 3. The molecule has 2 heterocycles. The number of anilines is 1. The van der Waals surface area contributed by atoms with Gasteiger partial charge in [-0.1, -0.05) is 18.0 Å². The number of carbonyl (C=O) groups is 1. The van der Waals surface area contributed by atoms with E-state index in [4.69, 9.17) is 27.6 Å². The maximum absolute atomic E-state index is 12.0. The van der Waals surface area contributed by atoms with Crippen molar-refractivity contribution in [3.63, 3.8) is 0 Å². The molecule has 38 heavy (non-hydrogen) atoms. The van der Waals surface area contributed by atoms with E-state index in [-0.39, 0.29) is 18.7 Å². The van der Waals surface area contributed by atoms with E-state index < -0.39 is 6.10 Å². The summed E-state index contributed by atoms with van der Waals surface area (Å²) in [7, 11) is 0. The molecule has 1 aromatic heterocycles. The second kappa shape index (κ2) is 11.9. The average Bonchev–Trinajstić information content (AvgIpc) is 3.73. The van der Waals surface area contributed by atoms with E-state index in [2.05, 4.69) is 25.4 Å². The highest BCUT2D eigenvalue weighted by atomic mass is 35.5. The van der Waals surface area contributed by atoms with Crippen molar-refractivity contribution < 1.29 is 19.4 Å². The Morgan fingerprint density at radius 1 is 1.18 bits per heavy atom. The van der Waals surface area contributed by atoms with Gasteiger partial charge in [0.2, 0.25) is 5.69 Å². The van der Waals surface area contributed by atoms with Gasteiger partial charge in [-0.2, -0.15) is 0 Å². The lowest BCUT2D eigenvalue weighted by molar-refractivity contribution is 0.0620. The van der Waals surface area contributed by atoms with Crippen LogP contribution in [0.1, 0.15) is 32.1 Å².